The van der Waals surface area contributed by atoms with Crippen LogP contribution >= 0.6 is 0 Å². The van der Waals surface area contributed by atoms with Gasteiger partial charge in [-0.3, -0.25) is 4.79 Å². The van der Waals surface area contributed by atoms with Gasteiger partial charge in [0.15, 0.2) is 0 Å². The molecule has 1 aromatic carbocycles. The van der Waals surface area contributed by atoms with E-state index in [2.05, 4.69) is 44.7 Å². The first kappa shape index (κ1) is 23.2. The Kier molecular flexibility index (Phi) is 6.65. The number of carbonyl (C=O) groups is 1. The van der Waals surface area contributed by atoms with Crippen LogP contribution in [0.15, 0.2) is 29.2 Å². The van der Waals surface area contributed by atoms with Crippen LogP contribution in [0.2, 0.25) is 0 Å². The molecule has 1 saturated heterocycles. The van der Waals surface area contributed by atoms with E-state index in [0.29, 0.717) is 5.56 Å². The first-order chi connectivity index (χ1) is 13.9. The van der Waals surface area contributed by atoms with Crippen molar-refractivity contribution in [1.82, 2.24) is 14.9 Å². The Hall–Kier alpha value is -1.44. The number of amides is 1. The lowest BCUT2D eigenvalue weighted by Gasteiger charge is -2.49. The van der Waals surface area contributed by atoms with Crippen LogP contribution in [0.5, 0.6) is 0 Å². The van der Waals surface area contributed by atoms with E-state index < -0.39 is 10.0 Å². The molecule has 1 saturated carbocycles. The van der Waals surface area contributed by atoms with E-state index in [1.165, 1.54) is 0 Å². The quantitative estimate of drug-likeness (QED) is 0.653. The van der Waals surface area contributed by atoms with Crippen molar-refractivity contribution in [2.45, 2.75) is 101 Å². The molecule has 0 unspecified atom stereocenters. The lowest BCUT2D eigenvalue weighted by Crippen LogP contribution is -2.62. The van der Waals surface area contributed by atoms with Gasteiger partial charge in [-0.05, 0) is 84.1 Å². The maximum absolute atomic E-state index is 13.5. The minimum absolute atomic E-state index is 0.0129. The highest BCUT2D eigenvalue weighted by atomic mass is 32.2. The summed E-state index contributed by atoms with van der Waals surface area (Å²) in [5.74, 6) is -0.0129. The highest BCUT2D eigenvalue weighted by Crippen LogP contribution is 2.32. The van der Waals surface area contributed by atoms with E-state index in [0.717, 1.165) is 45.1 Å². The van der Waals surface area contributed by atoms with Crippen molar-refractivity contribution >= 4 is 15.9 Å². The fourth-order valence-electron chi connectivity index (χ4n) is 4.70. The van der Waals surface area contributed by atoms with Crippen molar-refractivity contribution in [3.63, 3.8) is 0 Å². The van der Waals surface area contributed by atoms with Crippen LogP contribution in [0.4, 0.5) is 0 Å². The molecule has 0 spiro atoms. The molecule has 0 radical (unpaired) electrons. The highest BCUT2D eigenvalue weighted by Gasteiger charge is 2.41. The number of carbonyl (C=O) groups excluding carboxylic acids is 1. The second-order valence-electron chi connectivity index (χ2n) is 10.2. The molecule has 0 bridgehead atoms. The van der Waals surface area contributed by atoms with Gasteiger partial charge < -0.3 is 10.2 Å². The molecule has 0 atom stereocenters. The molecular formula is C23H37N3O3S. The molecule has 3 rings (SSSR count). The van der Waals surface area contributed by atoms with Gasteiger partial charge >= 0.3 is 0 Å². The Morgan fingerprint density at radius 1 is 1.10 bits per heavy atom. The first-order valence-corrected chi connectivity index (χ1v) is 12.6. The molecule has 7 heteroatoms. The van der Waals surface area contributed by atoms with Crippen LogP contribution in [0.3, 0.4) is 0 Å². The van der Waals surface area contributed by atoms with E-state index in [1.54, 1.807) is 24.3 Å². The number of hydrogen-bond donors (Lipinski definition) is 2. The number of hydrogen-bond acceptors (Lipinski definition) is 4. The summed E-state index contributed by atoms with van der Waals surface area (Å²) in [6, 6.07) is 6.61. The summed E-state index contributed by atoms with van der Waals surface area (Å²) in [6.07, 6.45) is 5.55. The highest BCUT2D eigenvalue weighted by molar-refractivity contribution is 7.89. The van der Waals surface area contributed by atoms with E-state index in [4.69, 9.17) is 0 Å². The number of piperidine rings is 1. The molecule has 1 aliphatic heterocycles. The first-order valence-electron chi connectivity index (χ1n) is 11.2. The van der Waals surface area contributed by atoms with E-state index in [9.17, 15) is 13.2 Å². The van der Waals surface area contributed by atoms with Gasteiger partial charge in [-0.2, -0.15) is 0 Å². The lowest BCUT2D eigenvalue weighted by atomic mass is 9.78. The Bertz CT molecular complexity index is 842. The fourth-order valence-corrected chi connectivity index (χ4v) is 6.00. The fraction of sp³-hybridized carbons (Fsp3) is 0.696. The van der Waals surface area contributed by atoms with Gasteiger partial charge in [-0.15, -0.1) is 0 Å². The van der Waals surface area contributed by atoms with Crippen LogP contribution < -0.4 is 10.0 Å². The standard InChI is InChI=1S/C23H37N3O3S/c1-6-7-14-26(19-15-22(2,3)25-23(4,5)16-19)21(27)17-8-12-20(13-9-17)30(28,29)24-18-10-11-18/h8-9,12-13,18-19,24-25H,6-7,10-11,14-16H2,1-5H3. The average Bonchev–Trinajstić information content (AvgIpc) is 3.42. The second-order valence-corrected chi connectivity index (χ2v) is 11.9. The molecule has 168 valence electrons. The zero-order valence-corrected chi connectivity index (χ0v) is 19.8. The third-order valence-electron chi connectivity index (χ3n) is 5.93. The molecule has 1 amide bonds. The number of nitrogens with zero attached hydrogens (tertiary/aromatic N) is 1. The van der Waals surface area contributed by atoms with Gasteiger partial charge in [-0.1, -0.05) is 13.3 Å². The minimum atomic E-state index is -3.51. The molecule has 1 aliphatic carbocycles. The van der Waals surface area contributed by atoms with Crippen molar-refractivity contribution in [3.05, 3.63) is 29.8 Å². The summed E-state index contributed by atoms with van der Waals surface area (Å²) in [5, 5.41) is 3.68. The molecule has 1 aromatic rings. The van der Waals surface area contributed by atoms with Gasteiger partial charge in [0.1, 0.15) is 0 Å². The van der Waals surface area contributed by atoms with Crippen LogP contribution in [0.1, 0.15) is 83.5 Å². The van der Waals surface area contributed by atoms with Crippen molar-refractivity contribution in [1.29, 1.82) is 0 Å². The summed E-state index contributed by atoms with van der Waals surface area (Å²) < 4.78 is 27.5. The zero-order valence-electron chi connectivity index (χ0n) is 19.0. The summed E-state index contributed by atoms with van der Waals surface area (Å²) in [7, 11) is -3.51. The smallest absolute Gasteiger partial charge is 0.254 e. The Morgan fingerprint density at radius 3 is 2.17 bits per heavy atom. The maximum Gasteiger partial charge on any atom is 0.254 e. The predicted molar refractivity (Wildman–Crippen MR) is 120 cm³/mol. The summed E-state index contributed by atoms with van der Waals surface area (Å²) in [5.41, 5.74) is 0.443. The van der Waals surface area contributed by atoms with Crippen molar-refractivity contribution < 1.29 is 13.2 Å². The van der Waals surface area contributed by atoms with Gasteiger partial charge in [0.25, 0.3) is 5.91 Å². The summed E-state index contributed by atoms with van der Waals surface area (Å²) in [6.45, 7) is 11.6. The van der Waals surface area contributed by atoms with Crippen molar-refractivity contribution in [2.24, 2.45) is 0 Å². The molecule has 6 nitrogen and oxygen atoms in total. The summed E-state index contributed by atoms with van der Waals surface area (Å²) in [4.78, 5) is 15.7. The number of nitrogens with one attached hydrogen (secondary N) is 2. The van der Waals surface area contributed by atoms with Crippen LogP contribution in [-0.4, -0.2) is 48.9 Å². The third-order valence-corrected chi connectivity index (χ3v) is 7.47. The Balaban J connectivity index is 1.81. The van der Waals surface area contributed by atoms with Gasteiger partial charge in [0, 0.05) is 35.3 Å². The molecule has 2 N–H and O–H groups in total. The summed E-state index contributed by atoms with van der Waals surface area (Å²) >= 11 is 0. The van der Waals surface area contributed by atoms with Gasteiger partial charge in [0.2, 0.25) is 10.0 Å². The number of benzene rings is 1. The van der Waals surface area contributed by atoms with E-state index in [-0.39, 0.29) is 34.0 Å². The van der Waals surface area contributed by atoms with Crippen molar-refractivity contribution in [2.75, 3.05) is 6.54 Å². The average molecular weight is 436 g/mol. The van der Waals surface area contributed by atoms with Crippen molar-refractivity contribution in [3.8, 4) is 0 Å². The molecular weight excluding hydrogens is 398 g/mol. The monoisotopic (exact) mass is 435 g/mol. The van der Waals surface area contributed by atoms with Crippen LogP contribution in [0, 0.1) is 0 Å². The molecule has 2 aliphatic rings. The zero-order chi connectivity index (χ0) is 22.2. The maximum atomic E-state index is 13.5. The third kappa shape index (κ3) is 5.83. The molecule has 1 heterocycles. The second kappa shape index (κ2) is 8.60. The van der Waals surface area contributed by atoms with Crippen LogP contribution in [-0.2, 0) is 10.0 Å². The normalized spacial score (nSPS) is 21.4. The van der Waals surface area contributed by atoms with E-state index >= 15 is 0 Å². The van der Waals surface area contributed by atoms with E-state index in [1.807, 2.05) is 4.90 Å². The molecule has 30 heavy (non-hydrogen) atoms. The van der Waals surface area contributed by atoms with Gasteiger partial charge in [-0.25, -0.2) is 13.1 Å². The Labute approximate surface area is 181 Å². The Morgan fingerprint density at radius 2 is 1.67 bits per heavy atom. The predicted octanol–water partition coefficient (Wildman–Crippen LogP) is 3.68. The van der Waals surface area contributed by atoms with Gasteiger partial charge in [0.05, 0.1) is 4.90 Å². The SMILES string of the molecule is CCCCN(C(=O)c1ccc(S(=O)(=O)NC2CC2)cc1)C1CC(C)(C)NC(C)(C)C1. The lowest BCUT2D eigenvalue weighted by molar-refractivity contribution is 0.0441. The number of sulfonamides is 1. The largest absolute Gasteiger partial charge is 0.336 e. The molecule has 2 fully saturated rings. The number of unbranched alkanes of at least 4 members (excludes halogenated alkanes) is 1. The number of rotatable bonds is 8. The minimum Gasteiger partial charge on any atom is -0.336 e. The molecule has 0 aromatic heterocycles. The van der Waals surface area contributed by atoms with Crippen LogP contribution in [0.25, 0.3) is 0 Å². The topological polar surface area (TPSA) is 78.5 Å².